The third kappa shape index (κ3) is 2.60. The van der Waals surface area contributed by atoms with Gasteiger partial charge < -0.3 is 4.18 Å². The Kier molecular flexibility index (Phi) is 3.09. The minimum Gasteiger partial charge on any atom is -0.355 e. The molecule has 0 saturated carbocycles. The number of aryl methyl sites for hydroxylation is 1. The average molecular weight is 292 g/mol. The predicted molar refractivity (Wildman–Crippen MR) is 59.9 cm³/mol. The monoisotopic (exact) mass is 292 g/mol. The number of halogens is 3. The maximum atomic E-state index is 12.2. The highest BCUT2D eigenvalue weighted by Gasteiger charge is 2.48. The number of nitrogens with zero attached hydrogens (tertiary/aromatic N) is 2. The van der Waals surface area contributed by atoms with E-state index in [1.165, 1.54) is 13.1 Å². The minimum absolute atomic E-state index is 0.269. The second-order valence-electron chi connectivity index (χ2n) is 3.60. The highest BCUT2D eigenvalue weighted by molar-refractivity contribution is 7.87. The summed E-state index contributed by atoms with van der Waals surface area (Å²) in [5.74, 6) is -0.643. The summed E-state index contributed by atoms with van der Waals surface area (Å²) >= 11 is 0. The van der Waals surface area contributed by atoms with Gasteiger partial charge in [-0.05, 0) is 13.0 Å². The lowest BCUT2D eigenvalue weighted by atomic mass is 10.2. The zero-order chi connectivity index (χ0) is 14.3. The van der Waals surface area contributed by atoms with Crippen LogP contribution < -0.4 is 4.18 Å². The van der Waals surface area contributed by atoms with E-state index in [2.05, 4.69) is 14.2 Å². The van der Waals surface area contributed by atoms with Gasteiger partial charge >= 0.3 is 15.6 Å². The molecule has 0 bridgehead atoms. The van der Waals surface area contributed by atoms with Crippen molar-refractivity contribution < 1.29 is 25.8 Å². The summed E-state index contributed by atoms with van der Waals surface area (Å²) in [5.41, 5.74) is -4.77. The summed E-state index contributed by atoms with van der Waals surface area (Å²) in [6.07, 6.45) is 1.49. The molecule has 2 rings (SSSR count). The Morgan fingerprint density at radius 1 is 1.32 bits per heavy atom. The van der Waals surface area contributed by atoms with Crippen molar-refractivity contribution in [3.63, 3.8) is 0 Å². The Morgan fingerprint density at radius 3 is 2.63 bits per heavy atom. The fourth-order valence-electron chi connectivity index (χ4n) is 1.42. The summed E-state index contributed by atoms with van der Waals surface area (Å²) < 4.78 is 62.2. The molecule has 0 amide bonds. The summed E-state index contributed by atoms with van der Waals surface area (Å²) in [6.45, 7) is 1.49. The Hall–Kier alpha value is -1.90. The van der Waals surface area contributed by atoms with Crippen LogP contribution in [0.2, 0.25) is 0 Å². The van der Waals surface area contributed by atoms with E-state index in [0.29, 0.717) is 10.9 Å². The molecule has 9 heteroatoms. The van der Waals surface area contributed by atoms with Gasteiger partial charge in [-0.1, -0.05) is 6.07 Å². The third-order valence-corrected chi connectivity index (χ3v) is 3.17. The quantitative estimate of drug-likeness (QED) is 0.626. The summed E-state index contributed by atoms with van der Waals surface area (Å²) in [6, 6.07) is 4.20. The van der Waals surface area contributed by atoms with E-state index in [-0.39, 0.29) is 5.69 Å². The van der Waals surface area contributed by atoms with E-state index in [4.69, 9.17) is 0 Å². The van der Waals surface area contributed by atoms with Crippen molar-refractivity contribution in [2.45, 2.75) is 12.4 Å². The smallest absolute Gasteiger partial charge is 0.355 e. The van der Waals surface area contributed by atoms with E-state index in [9.17, 15) is 21.6 Å². The lowest BCUT2D eigenvalue weighted by molar-refractivity contribution is -0.0501. The van der Waals surface area contributed by atoms with Gasteiger partial charge in [-0.15, -0.1) is 0 Å². The summed E-state index contributed by atoms with van der Waals surface area (Å²) in [5, 5.41) is 0.433. The molecule has 0 aliphatic rings. The highest BCUT2D eigenvalue weighted by atomic mass is 32.2. The standard InChI is InChI=1S/C10H7F3N2O3S/c1-6-9-7(3-2-4-14-9)5-8(15-6)18-19(16,17)10(11,12)13/h2-5H,1H3. The van der Waals surface area contributed by atoms with Gasteiger partial charge in [0.2, 0.25) is 5.88 Å². The van der Waals surface area contributed by atoms with Crippen LogP contribution >= 0.6 is 0 Å². The number of pyridine rings is 2. The molecule has 0 unspecified atom stereocenters. The van der Waals surface area contributed by atoms with Crippen LogP contribution in [-0.4, -0.2) is 23.9 Å². The number of hydrogen-bond acceptors (Lipinski definition) is 5. The van der Waals surface area contributed by atoms with Gasteiger partial charge in [0.25, 0.3) is 0 Å². The molecular weight excluding hydrogens is 285 g/mol. The Labute approximate surface area is 106 Å². The fraction of sp³-hybridized carbons (Fsp3) is 0.200. The molecule has 19 heavy (non-hydrogen) atoms. The predicted octanol–water partition coefficient (Wildman–Crippen LogP) is 2.17. The normalized spacial score (nSPS) is 12.6. The molecule has 0 radical (unpaired) electrons. The fourth-order valence-corrected chi connectivity index (χ4v) is 1.83. The molecule has 0 saturated heterocycles. The Morgan fingerprint density at radius 2 is 2.00 bits per heavy atom. The molecule has 0 N–H and O–H groups in total. The van der Waals surface area contributed by atoms with Crippen molar-refractivity contribution in [1.82, 2.24) is 9.97 Å². The van der Waals surface area contributed by atoms with Gasteiger partial charge in [-0.2, -0.15) is 21.6 Å². The van der Waals surface area contributed by atoms with E-state index >= 15 is 0 Å². The van der Waals surface area contributed by atoms with Gasteiger partial charge in [-0.25, -0.2) is 4.98 Å². The van der Waals surface area contributed by atoms with Crippen molar-refractivity contribution in [3.05, 3.63) is 30.1 Å². The van der Waals surface area contributed by atoms with Crippen LogP contribution in [0.1, 0.15) is 5.69 Å². The summed E-state index contributed by atoms with van der Waals surface area (Å²) in [4.78, 5) is 7.61. The van der Waals surface area contributed by atoms with Crippen LogP contribution in [0, 0.1) is 6.92 Å². The van der Waals surface area contributed by atoms with Gasteiger partial charge in [0.1, 0.15) is 0 Å². The molecule has 2 heterocycles. The molecule has 0 aliphatic heterocycles. The molecule has 0 aliphatic carbocycles. The first-order valence-electron chi connectivity index (χ1n) is 4.94. The molecule has 2 aromatic heterocycles. The largest absolute Gasteiger partial charge is 0.534 e. The van der Waals surface area contributed by atoms with Crippen molar-refractivity contribution in [1.29, 1.82) is 0 Å². The third-order valence-electron chi connectivity index (χ3n) is 2.22. The molecule has 5 nitrogen and oxygen atoms in total. The van der Waals surface area contributed by atoms with Gasteiger partial charge in [-0.3, -0.25) is 4.98 Å². The maximum Gasteiger partial charge on any atom is 0.534 e. The minimum atomic E-state index is -5.72. The second kappa shape index (κ2) is 4.34. The lowest BCUT2D eigenvalue weighted by Crippen LogP contribution is -2.28. The van der Waals surface area contributed by atoms with Crippen LogP contribution in [0.3, 0.4) is 0 Å². The molecule has 102 valence electrons. The van der Waals surface area contributed by atoms with E-state index in [1.807, 2.05) is 0 Å². The molecule has 0 fully saturated rings. The first kappa shape index (κ1) is 13.5. The van der Waals surface area contributed by atoms with E-state index in [1.54, 1.807) is 12.1 Å². The topological polar surface area (TPSA) is 69.2 Å². The van der Waals surface area contributed by atoms with Crippen LogP contribution in [0.15, 0.2) is 24.4 Å². The maximum absolute atomic E-state index is 12.2. The zero-order valence-electron chi connectivity index (χ0n) is 9.47. The Balaban J connectivity index is 2.48. The lowest BCUT2D eigenvalue weighted by Gasteiger charge is -2.09. The SMILES string of the molecule is Cc1nc(OS(=O)(=O)C(F)(F)F)cc2cccnc12. The molecular formula is C10H7F3N2O3S. The van der Waals surface area contributed by atoms with Crippen molar-refractivity contribution in [2.75, 3.05) is 0 Å². The second-order valence-corrected chi connectivity index (χ2v) is 5.14. The first-order valence-corrected chi connectivity index (χ1v) is 6.35. The van der Waals surface area contributed by atoms with Gasteiger partial charge in [0, 0.05) is 17.6 Å². The number of alkyl halides is 3. The number of rotatable bonds is 2. The van der Waals surface area contributed by atoms with Crippen molar-refractivity contribution in [3.8, 4) is 5.88 Å². The van der Waals surface area contributed by atoms with Crippen LogP contribution in [0.25, 0.3) is 10.9 Å². The summed E-state index contributed by atoms with van der Waals surface area (Å²) in [7, 11) is -5.72. The number of hydrogen-bond donors (Lipinski definition) is 0. The van der Waals surface area contributed by atoms with Gasteiger partial charge in [0.15, 0.2) is 0 Å². The van der Waals surface area contributed by atoms with E-state index < -0.39 is 21.5 Å². The Bertz CT molecular complexity index is 728. The van der Waals surface area contributed by atoms with Crippen LogP contribution in [-0.2, 0) is 10.1 Å². The molecule has 0 atom stereocenters. The van der Waals surface area contributed by atoms with Crippen LogP contribution in [0.4, 0.5) is 13.2 Å². The highest BCUT2D eigenvalue weighted by Crippen LogP contribution is 2.27. The first-order chi connectivity index (χ1) is 8.71. The molecule has 0 spiro atoms. The van der Waals surface area contributed by atoms with Crippen molar-refractivity contribution >= 4 is 21.0 Å². The average Bonchev–Trinajstić information content (AvgIpc) is 2.27. The zero-order valence-corrected chi connectivity index (χ0v) is 10.3. The van der Waals surface area contributed by atoms with Crippen LogP contribution in [0.5, 0.6) is 5.88 Å². The van der Waals surface area contributed by atoms with E-state index in [0.717, 1.165) is 6.07 Å². The number of aromatic nitrogens is 2. The molecule has 2 aromatic rings. The van der Waals surface area contributed by atoms with Gasteiger partial charge in [0.05, 0.1) is 11.2 Å². The number of fused-ring (bicyclic) bond motifs is 1. The van der Waals surface area contributed by atoms with Crippen molar-refractivity contribution in [2.24, 2.45) is 0 Å². The molecule has 0 aromatic carbocycles.